The van der Waals surface area contributed by atoms with Crippen LogP contribution in [0.4, 0.5) is 0 Å². The Morgan fingerprint density at radius 2 is 1.05 bits per heavy atom. The Hall–Kier alpha value is -0.940. The van der Waals surface area contributed by atoms with Gasteiger partial charge in [0, 0.05) is 23.2 Å². The maximum absolute atomic E-state index is 6.35. The van der Waals surface area contributed by atoms with E-state index in [1.54, 1.807) is 0 Å². The molecule has 4 atom stereocenters. The lowest BCUT2D eigenvalue weighted by atomic mass is 9.83. The fourth-order valence-corrected chi connectivity index (χ4v) is 2.81. The van der Waals surface area contributed by atoms with E-state index in [9.17, 15) is 0 Å². The van der Waals surface area contributed by atoms with Crippen LogP contribution in [0.5, 0.6) is 0 Å². The molecule has 20 heavy (non-hydrogen) atoms. The molecule has 4 heteroatoms. The lowest BCUT2D eigenvalue weighted by Crippen LogP contribution is -2.40. The minimum absolute atomic E-state index is 0.0718. The molecule has 1 aromatic rings. The third kappa shape index (κ3) is 4.56. The van der Waals surface area contributed by atoms with Gasteiger partial charge in [0.25, 0.3) is 0 Å². The molecule has 1 rings (SSSR count). The molecule has 0 radical (unpaired) electrons. The smallest absolute Gasteiger partial charge is 0.0395 e. The first kappa shape index (κ1) is 17.1. The zero-order chi connectivity index (χ0) is 15.6. The van der Waals surface area contributed by atoms with E-state index >= 15 is 0 Å². The molecule has 8 N–H and O–H groups in total. The molecule has 0 aliphatic heterocycles. The van der Waals surface area contributed by atoms with Crippen LogP contribution in [-0.2, 0) is 11.1 Å². The van der Waals surface area contributed by atoms with E-state index in [2.05, 4.69) is 0 Å². The van der Waals surface area contributed by atoms with Crippen LogP contribution in [0.1, 0.15) is 51.7 Å². The van der Waals surface area contributed by atoms with Crippen molar-refractivity contribution in [2.75, 3.05) is 0 Å². The summed E-state index contributed by atoms with van der Waals surface area (Å²) < 4.78 is 0. The zero-order valence-electron chi connectivity index (χ0n) is 13.2. The molecule has 0 bridgehead atoms. The summed E-state index contributed by atoms with van der Waals surface area (Å²) in [7, 11) is 0. The number of rotatable bonds is 6. The summed E-state index contributed by atoms with van der Waals surface area (Å²) in [5.41, 5.74) is 25.7. The standard InChI is InChI=1S/C16H30N4/c1-11(17)9-15(3,19)13-5-7-14(8-6-13)16(4,20)10-12(2)18/h5-8,11-12H,9-10,17-20H2,1-4H3. The first-order valence-electron chi connectivity index (χ1n) is 7.24. The molecule has 1 aromatic carbocycles. The lowest BCUT2D eigenvalue weighted by Gasteiger charge is -2.30. The summed E-state index contributed by atoms with van der Waals surface area (Å²) >= 11 is 0. The van der Waals surface area contributed by atoms with Gasteiger partial charge in [0.1, 0.15) is 0 Å². The topological polar surface area (TPSA) is 104 Å². The highest BCUT2D eigenvalue weighted by Crippen LogP contribution is 2.27. The van der Waals surface area contributed by atoms with Crippen LogP contribution < -0.4 is 22.9 Å². The van der Waals surface area contributed by atoms with E-state index in [0.29, 0.717) is 0 Å². The second-order valence-electron chi connectivity index (χ2n) is 6.78. The van der Waals surface area contributed by atoms with E-state index in [0.717, 1.165) is 24.0 Å². The predicted molar refractivity (Wildman–Crippen MR) is 86.1 cm³/mol. The second-order valence-corrected chi connectivity index (χ2v) is 6.78. The van der Waals surface area contributed by atoms with E-state index in [-0.39, 0.29) is 12.1 Å². The Bertz CT molecular complexity index is 378. The maximum Gasteiger partial charge on any atom is 0.0395 e. The van der Waals surface area contributed by atoms with Gasteiger partial charge in [-0.2, -0.15) is 0 Å². The highest BCUT2D eigenvalue weighted by atomic mass is 14.8. The number of hydrogen-bond donors (Lipinski definition) is 4. The summed E-state index contributed by atoms with van der Waals surface area (Å²) in [4.78, 5) is 0. The third-order valence-electron chi connectivity index (χ3n) is 3.70. The van der Waals surface area contributed by atoms with Crippen LogP contribution in [0.15, 0.2) is 24.3 Å². The van der Waals surface area contributed by atoms with E-state index < -0.39 is 11.1 Å². The maximum atomic E-state index is 6.35. The van der Waals surface area contributed by atoms with Gasteiger partial charge in [-0.25, -0.2) is 0 Å². The molecule has 114 valence electrons. The Morgan fingerprint density at radius 3 is 1.25 bits per heavy atom. The average molecular weight is 278 g/mol. The molecular formula is C16H30N4. The molecule has 0 spiro atoms. The van der Waals surface area contributed by atoms with E-state index in [1.807, 2.05) is 52.0 Å². The molecule has 0 amide bonds. The van der Waals surface area contributed by atoms with Gasteiger partial charge in [0.05, 0.1) is 0 Å². The predicted octanol–water partition coefficient (Wildman–Crippen LogP) is 1.51. The van der Waals surface area contributed by atoms with E-state index in [4.69, 9.17) is 22.9 Å². The molecular weight excluding hydrogens is 248 g/mol. The van der Waals surface area contributed by atoms with Crippen LogP contribution in [-0.4, -0.2) is 12.1 Å². The Kier molecular flexibility index (Phi) is 5.33. The Labute approximate surface area is 122 Å². The normalized spacial score (nSPS) is 20.8. The first-order chi connectivity index (χ1) is 9.04. The van der Waals surface area contributed by atoms with Crippen molar-refractivity contribution in [3.63, 3.8) is 0 Å². The van der Waals surface area contributed by atoms with Gasteiger partial charge in [0.15, 0.2) is 0 Å². The first-order valence-corrected chi connectivity index (χ1v) is 7.24. The van der Waals surface area contributed by atoms with Crippen molar-refractivity contribution < 1.29 is 0 Å². The van der Waals surface area contributed by atoms with Crippen molar-refractivity contribution >= 4 is 0 Å². The zero-order valence-corrected chi connectivity index (χ0v) is 13.2. The van der Waals surface area contributed by atoms with Crippen molar-refractivity contribution in [2.24, 2.45) is 22.9 Å². The Morgan fingerprint density at radius 1 is 0.800 bits per heavy atom. The number of benzene rings is 1. The summed E-state index contributed by atoms with van der Waals surface area (Å²) in [5, 5.41) is 0. The minimum atomic E-state index is -0.418. The number of hydrogen-bond acceptors (Lipinski definition) is 4. The van der Waals surface area contributed by atoms with Gasteiger partial charge in [-0.15, -0.1) is 0 Å². The van der Waals surface area contributed by atoms with Gasteiger partial charge in [-0.3, -0.25) is 0 Å². The van der Waals surface area contributed by atoms with Gasteiger partial charge in [-0.05, 0) is 51.7 Å². The fraction of sp³-hybridized carbons (Fsp3) is 0.625. The average Bonchev–Trinajstić information content (AvgIpc) is 2.25. The summed E-state index contributed by atoms with van der Waals surface area (Å²) in [5.74, 6) is 0. The van der Waals surface area contributed by atoms with Gasteiger partial charge in [-0.1, -0.05) is 24.3 Å². The monoisotopic (exact) mass is 278 g/mol. The molecule has 0 fully saturated rings. The summed E-state index contributed by atoms with van der Waals surface area (Å²) in [6.45, 7) is 7.96. The highest BCUT2D eigenvalue weighted by Gasteiger charge is 2.25. The quantitative estimate of drug-likeness (QED) is 0.633. The summed E-state index contributed by atoms with van der Waals surface area (Å²) in [6.07, 6.45) is 1.48. The van der Waals surface area contributed by atoms with Crippen LogP contribution in [0.25, 0.3) is 0 Å². The summed E-state index contributed by atoms with van der Waals surface area (Å²) in [6, 6.07) is 8.33. The molecule has 0 saturated heterocycles. The van der Waals surface area contributed by atoms with Crippen LogP contribution >= 0.6 is 0 Å². The lowest BCUT2D eigenvalue weighted by molar-refractivity contribution is 0.407. The SMILES string of the molecule is CC(N)CC(C)(N)c1ccc(C(C)(N)CC(C)N)cc1. The second kappa shape index (κ2) is 6.22. The van der Waals surface area contributed by atoms with E-state index in [1.165, 1.54) is 0 Å². The number of nitrogens with two attached hydrogens (primary N) is 4. The fourth-order valence-electron chi connectivity index (χ4n) is 2.81. The molecule has 0 heterocycles. The minimum Gasteiger partial charge on any atom is -0.328 e. The highest BCUT2D eigenvalue weighted by molar-refractivity contribution is 5.31. The molecule has 4 unspecified atom stereocenters. The van der Waals surface area contributed by atoms with Gasteiger partial charge >= 0.3 is 0 Å². The molecule has 0 aliphatic rings. The largest absolute Gasteiger partial charge is 0.328 e. The van der Waals surface area contributed by atoms with Crippen molar-refractivity contribution in [1.82, 2.24) is 0 Å². The van der Waals surface area contributed by atoms with Crippen molar-refractivity contribution in [3.8, 4) is 0 Å². The van der Waals surface area contributed by atoms with Crippen LogP contribution in [0, 0.1) is 0 Å². The van der Waals surface area contributed by atoms with Crippen LogP contribution in [0.2, 0.25) is 0 Å². The van der Waals surface area contributed by atoms with Gasteiger partial charge in [0.2, 0.25) is 0 Å². The molecule has 0 aromatic heterocycles. The third-order valence-corrected chi connectivity index (χ3v) is 3.70. The van der Waals surface area contributed by atoms with Crippen molar-refractivity contribution in [1.29, 1.82) is 0 Å². The Balaban J connectivity index is 2.94. The molecule has 4 nitrogen and oxygen atoms in total. The van der Waals surface area contributed by atoms with Gasteiger partial charge < -0.3 is 22.9 Å². The van der Waals surface area contributed by atoms with Crippen molar-refractivity contribution in [2.45, 2.75) is 63.7 Å². The molecule has 0 saturated carbocycles. The van der Waals surface area contributed by atoms with Crippen molar-refractivity contribution in [3.05, 3.63) is 35.4 Å². The van der Waals surface area contributed by atoms with Crippen LogP contribution in [0.3, 0.4) is 0 Å². The molecule has 0 aliphatic carbocycles.